The zero-order valence-electron chi connectivity index (χ0n) is 15.7. The lowest BCUT2D eigenvalue weighted by atomic mass is 10.1. The Morgan fingerprint density at radius 3 is 2.61 bits per heavy atom. The first-order chi connectivity index (χ1) is 13.5. The molecule has 0 spiro atoms. The normalized spacial score (nSPS) is 16.7. The van der Waals surface area contributed by atoms with E-state index in [0.717, 1.165) is 18.4 Å². The quantitative estimate of drug-likeness (QED) is 0.704. The van der Waals surface area contributed by atoms with Crippen molar-refractivity contribution in [3.8, 4) is 5.75 Å². The predicted octanol–water partition coefficient (Wildman–Crippen LogP) is 2.33. The maximum absolute atomic E-state index is 12.4. The van der Waals surface area contributed by atoms with Gasteiger partial charge in [-0.25, -0.2) is 13.1 Å². The number of carbonyl (C=O) groups excluding carboxylic acids is 1. The van der Waals surface area contributed by atoms with Gasteiger partial charge in [0, 0.05) is 24.4 Å². The van der Waals surface area contributed by atoms with Crippen LogP contribution >= 0.6 is 0 Å². The van der Waals surface area contributed by atoms with Gasteiger partial charge < -0.3 is 14.8 Å². The number of amides is 1. The lowest BCUT2D eigenvalue weighted by Crippen LogP contribution is -2.31. The van der Waals surface area contributed by atoms with Gasteiger partial charge in [0.15, 0.2) is 0 Å². The van der Waals surface area contributed by atoms with Crippen LogP contribution in [0.15, 0.2) is 53.4 Å². The van der Waals surface area contributed by atoms with Crippen molar-refractivity contribution in [2.75, 3.05) is 25.6 Å². The molecule has 1 aliphatic heterocycles. The molecule has 2 N–H and O–H groups in total. The van der Waals surface area contributed by atoms with Crippen LogP contribution in [0.2, 0.25) is 0 Å². The number of rotatable bonds is 8. The summed E-state index contributed by atoms with van der Waals surface area (Å²) in [7, 11) is -2.05. The van der Waals surface area contributed by atoms with Gasteiger partial charge in [-0.15, -0.1) is 0 Å². The van der Waals surface area contributed by atoms with Gasteiger partial charge in [0.1, 0.15) is 5.75 Å². The smallest absolute Gasteiger partial charge is 0.240 e. The molecule has 0 aliphatic carbocycles. The summed E-state index contributed by atoms with van der Waals surface area (Å²) in [5.74, 6) is 0.438. The molecule has 1 fully saturated rings. The summed E-state index contributed by atoms with van der Waals surface area (Å²) >= 11 is 0. The predicted molar refractivity (Wildman–Crippen MR) is 106 cm³/mol. The molecule has 0 aromatic heterocycles. The third kappa shape index (κ3) is 5.31. The Labute approximate surface area is 165 Å². The van der Waals surface area contributed by atoms with E-state index in [0.29, 0.717) is 18.0 Å². The van der Waals surface area contributed by atoms with E-state index in [2.05, 4.69) is 10.0 Å². The maximum Gasteiger partial charge on any atom is 0.240 e. The molecular weight excluding hydrogens is 380 g/mol. The highest BCUT2D eigenvalue weighted by Gasteiger charge is 2.20. The first kappa shape index (κ1) is 20.3. The van der Waals surface area contributed by atoms with Crippen LogP contribution < -0.4 is 14.8 Å². The molecule has 1 saturated heterocycles. The number of methoxy groups -OCH3 is 1. The zero-order chi connectivity index (χ0) is 20.0. The summed E-state index contributed by atoms with van der Waals surface area (Å²) in [5.41, 5.74) is 1.30. The number of carbonyl (C=O) groups is 1. The van der Waals surface area contributed by atoms with Crippen LogP contribution in [-0.4, -0.2) is 40.7 Å². The fraction of sp³-hybridized carbons (Fsp3) is 0.350. The highest BCUT2D eigenvalue weighted by atomic mass is 32.2. The summed E-state index contributed by atoms with van der Waals surface area (Å²) in [6.45, 7) is 0.940. The molecule has 1 heterocycles. The Morgan fingerprint density at radius 2 is 1.93 bits per heavy atom. The van der Waals surface area contributed by atoms with E-state index in [1.54, 1.807) is 25.3 Å². The number of para-hydroxylation sites is 1. The van der Waals surface area contributed by atoms with Crippen molar-refractivity contribution in [2.45, 2.75) is 30.3 Å². The van der Waals surface area contributed by atoms with Crippen molar-refractivity contribution in [1.29, 1.82) is 0 Å². The Kier molecular flexibility index (Phi) is 6.66. The van der Waals surface area contributed by atoms with Gasteiger partial charge >= 0.3 is 0 Å². The van der Waals surface area contributed by atoms with Gasteiger partial charge in [-0.05, 0) is 43.2 Å². The molecule has 8 heteroatoms. The van der Waals surface area contributed by atoms with E-state index in [4.69, 9.17) is 9.47 Å². The minimum atomic E-state index is -3.61. The van der Waals surface area contributed by atoms with Crippen LogP contribution in [0.25, 0.3) is 0 Å². The topological polar surface area (TPSA) is 93.7 Å². The van der Waals surface area contributed by atoms with Crippen LogP contribution in [0.5, 0.6) is 5.75 Å². The molecule has 3 rings (SSSR count). The van der Waals surface area contributed by atoms with Crippen LogP contribution in [0.3, 0.4) is 0 Å². The second-order valence-electron chi connectivity index (χ2n) is 6.55. The molecule has 2 aromatic carbocycles. The third-order valence-corrected chi connectivity index (χ3v) is 5.96. The molecule has 0 radical (unpaired) electrons. The van der Waals surface area contributed by atoms with Gasteiger partial charge in [0.25, 0.3) is 0 Å². The van der Waals surface area contributed by atoms with E-state index in [-0.39, 0.29) is 29.9 Å². The van der Waals surface area contributed by atoms with E-state index in [1.807, 2.05) is 18.2 Å². The number of benzene rings is 2. The van der Waals surface area contributed by atoms with Crippen LogP contribution in [0.1, 0.15) is 18.4 Å². The van der Waals surface area contributed by atoms with Gasteiger partial charge in [-0.2, -0.15) is 0 Å². The standard InChI is InChI=1S/C20H24N2O5S/c1-26-19-7-3-2-5-15(19)13-20(23)22-16-8-10-18(11-9-16)28(24,25)21-14-17-6-4-12-27-17/h2-3,5,7-11,17,21H,4,6,12-14H2,1H3,(H,22,23)/t17-/m0/s1. The zero-order valence-corrected chi connectivity index (χ0v) is 16.5. The molecule has 7 nitrogen and oxygen atoms in total. The number of anilines is 1. The second-order valence-corrected chi connectivity index (χ2v) is 8.32. The lowest BCUT2D eigenvalue weighted by Gasteiger charge is -2.12. The number of ether oxygens (including phenoxy) is 2. The van der Waals surface area contributed by atoms with E-state index < -0.39 is 10.0 Å². The summed E-state index contributed by atoms with van der Waals surface area (Å²) in [4.78, 5) is 12.4. The molecule has 150 valence electrons. The average Bonchev–Trinajstić information content (AvgIpc) is 3.21. The van der Waals surface area contributed by atoms with Crippen LogP contribution in [0, 0.1) is 0 Å². The Balaban J connectivity index is 1.58. The number of hydrogen-bond donors (Lipinski definition) is 2. The van der Waals surface area contributed by atoms with Crippen molar-refractivity contribution in [1.82, 2.24) is 4.72 Å². The van der Waals surface area contributed by atoms with Crippen molar-refractivity contribution in [3.63, 3.8) is 0 Å². The molecule has 1 atom stereocenters. The number of sulfonamides is 1. The largest absolute Gasteiger partial charge is 0.496 e. The lowest BCUT2D eigenvalue weighted by molar-refractivity contribution is -0.115. The summed E-state index contributed by atoms with van der Waals surface area (Å²) in [5, 5.41) is 2.77. The molecule has 0 bridgehead atoms. The molecule has 0 saturated carbocycles. The molecule has 1 aliphatic rings. The molecule has 1 amide bonds. The monoisotopic (exact) mass is 404 g/mol. The Morgan fingerprint density at radius 1 is 1.18 bits per heavy atom. The van der Waals surface area contributed by atoms with Gasteiger partial charge in [0.2, 0.25) is 15.9 Å². The fourth-order valence-corrected chi connectivity index (χ4v) is 4.10. The maximum atomic E-state index is 12.4. The minimum absolute atomic E-state index is 0.0664. The SMILES string of the molecule is COc1ccccc1CC(=O)Nc1ccc(S(=O)(=O)NC[C@@H]2CCCO2)cc1. The van der Waals surface area contributed by atoms with E-state index >= 15 is 0 Å². The molecular formula is C20H24N2O5S. The third-order valence-electron chi connectivity index (χ3n) is 4.52. The molecule has 28 heavy (non-hydrogen) atoms. The number of nitrogens with one attached hydrogen (secondary N) is 2. The summed E-state index contributed by atoms with van der Waals surface area (Å²) < 4.78 is 38.0. The van der Waals surface area contributed by atoms with Gasteiger partial charge in [0.05, 0.1) is 24.5 Å². The highest BCUT2D eigenvalue weighted by molar-refractivity contribution is 7.89. The van der Waals surface area contributed by atoms with Gasteiger partial charge in [-0.1, -0.05) is 18.2 Å². The van der Waals surface area contributed by atoms with E-state index in [9.17, 15) is 13.2 Å². The van der Waals surface area contributed by atoms with Crippen LogP contribution in [0.4, 0.5) is 5.69 Å². The fourth-order valence-electron chi connectivity index (χ4n) is 3.04. The Hall–Kier alpha value is -2.42. The Bertz CT molecular complexity index is 906. The van der Waals surface area contributed by atoms with Crippen molar-refractivity contribution >= 4 is 21.6 Å². The first-order valence-corrected chi connectivity index (χ1v) is 10.6. The van der Waals surface area contributed by atoms with Crippen molar-refractivity contribution in [3.05, 3.63) is 54.1 Å². The molecule has 0 unspecified atom stereocenters. The molecule has 2 aromatic rings. The van der Waals surface area contributed by atoms with Gasteiger partial charge in [-0.3, -0.25) is 4.79 Å². The van der Waals surface area contributed by atoms with Crippen LogP contribution in [-0.2, 0) is 26.0 Å². The average molecular weight is 404 g/mol. The summed E-state index contributed by atoms with van der Waals surface area (Å²) in [6, 6.07) is 13.4. The van der Waals surface area contributed by atoms with Crippen molar-refractivity contribution in [2.24, 2.45) is 0 Å². The summed E-state index contributed by atoms with van der Waals surface area (Å²) in [6.07, 6.45) is 1.91. The second kappa shape index (κ2) is 9.18. The first-order valence-electron chi connectivity index (χ1n) is 9.11. The van der Waals surface area contributed by atoms with E-state index in [1.165, 1.54) is 12.1 Å². The number of hydrogen-bond acceptors (Lipinski definition) is 5. The highest BCUT2D eigenvalue weighted by Crippen LogP contribution is 2.19. The van der Waals surface area contributed by atoms with Crippen molar-refractivity contribution < 1.29 is 22.7 Å². The minimum Gasteiger partial charge on any atom is -0.496 e.